The fourth-order valence-corrected chi connectivity index (χ4v) is 4.51. The van der Waals surface area contributed by atoms with Crippen molar-refractivity contribution in [2.45, 2.75) is 90.4 Å². The largest absolute Gasteiger partial charge is 0.502 e. The summed E-state index contributed by atoms with van der Waals surface area (Å²) in [4.78, 5) is 81.0. The number of aromatic nitrogens is 4. The number of aromatic hydroxyl groups is 2. The van der Waals surface area contributed by atoms with E-state index < -0.39 is 119 Å². The van der Waals surface area contributed by atoms with Gasteiger partial charge in [0.2, 0.25) is 11.5 Å². The van der Waals surface area contributed by atoms with Gasteiger partial charge in [-0.1, -0.05) is 0 Å². The minimum atomic E-state index is -3.82. The Kier molecular flexibility index (Phi) is 13.9. The summed E-state index contributed by atoms with van der Waals surface area (Å²) in [6.07, 6.45) is -6.23. The van der Waals surface area contributed by atoms with Crippen molar-refractivity contribution in [1.29, 1.82) is 0 Å². The predicted molar refractivity (Wildman–Crippen MR) is 195 cm³/mol. The molecule has 0 spiro atoms. The first-order valence-electron chi connectivity index (χ1n) is 17.4. The van der Waals surface area contributed by atoms with Gasteiger partial charge in [0.15, 0.2) is 11.5 Å². The second-order valence-electron chi connectivity index (χ2n) is 14.4. The highest BCUT2D eigenvalue weighted by Gasteiger charge is 2.43. The molecule has 2 atom stereocenters. The maximum Gasteiger partial charge on any atom is 0.413 e. The second kappa shape index (κ2) is 18.2. The number of amides is 2. The molecule has 0 saturated carbocycles. The molecular weight excluding hydrogens is 844 g/mol. The molecule has 4 heterocycles. The van der Waals surface area contributed by atoms with E-state index in [0.717, 1.165) is 24.5 Å². The molecule has 0 aliphatic rings. The normalized spacial score (nSPS) is 13.0. The predicted octanol–water partition coefficient (Wildman–Crippen LogP) is -0.0974. The van der Waals surface area contributed by atoms with Crippen molar-refractivity contribution in [2.75, 3.05) is 10.6 Å². The van der Waals surface area contributed by atoms with E-state index in [-0.39, 0.29) is 11.6 Å². The lowest BCUT2D eigenvalue weighted by Crippen LogP contribution is -2.35. The van der Waals surface area contributed by atoms with Crippen LogP contribution in [0.25, 0.3) is 0 Å². The Balaban J connectivity index is 1.36. The summed E-state index contributed by atoms with van der Waals surface area (Å²) in [5.41, 5.74) is -4.24. The van der Waals surface area contributed by atoms with E-state index in [0.29, 0.717) is 21.7 Å². The highest BCUT2D eigenvalue weighted by atomic mass is 16.8. The number of ether oxygens (including phenoxy) is 6. The zero-order chi connectivity index (χ0) is 46.5. The number of nitrogens with zero attached hydrogens (tertiary/aromatic N) is 4. The van der Waals surface area contributed by atoms with Crippen molar-refractivity contribution in [3.8, 4) is 23.0 Å². The lowest BCUT2D eigenvalue weighted by Gasteiger charge is -2.22. The number of hydrogen-bond acceptors (Lipinski definition) is 24. The maximum atomic E-state index is 12.5. The van der Waals surface area contributed by atoms with Crippen LogP contribution >= 0.6 is 0 Å². The molecule has 0 aromatic carbocycles. The monoisotopic (exact) mass is 884 g/mol. The van der Waals surface area contributed by atoms with Gasteiger partial charge in [-0.15, -0.1) is 0 Å². The minimum Gasteiger partial charge on any atom is -0.502 e. The molecular formula is C34H40N6O22. The highest BCUT2D eigenvalue weighted by molar-refractivity contribution is 5.84. The lowest BCUT2D eigenvalue weighted by atomic mass is 10.2. The summed E-state index contributed by atoms with van der Waals surface area (Å²) in [5.74, 6) is -18.3. The molecule has 0 aliphatic heterocycles. The van der Waals surface area contributed by atoms with E-state index in [4.69, 9.17) is 27.8 Å². The van der Waals surface area contributed by atoms with Gasteiger partial charge < -0.3 is 78.1 Å². The average molecular weight is 885 g/mol. The number of rotatable bonds is 15. The second-order valence-corrected chi connectivity index (χ2v) is 14.4. The van der Waals surface area contributed by atoms with Gasteiger partial charge >= 0.3 is 47.5 Å². The van der Waals surface area contributed by atoms with Crippen LogP contribution in [0.1, 0.15) is 78.7 Å². The van der Waals surface area contributed by atoms with Gasteiger partial charge in [0.05, 0.1) is 12.8 Å². The summed E-state index contributed by atoms with van der Waals surface area (Å²) >= 11 is 0. The quantitative estimate of drug-likeness (QED) is 0.0423. The van der Waals surface area contributed by atoms with Gasteiger partial charge in [0, 0.05) is 12.4 Å². The molecule has 0 aliphatic carbocycles. The van der Waals surface area contributed by atoms with E-state index in [9.17, 15) is 69.6 Å². The maximum absolute atomic E-state index is 12.5. The Morgan fingerprint density at radius 2 is 0.984 bits per heavy atom. The number of carbonyl (C=O) groups is 4. The standard InChI is InChI=1S/C34H40N6O22/c1-31(2,3)61-27(47)37-17-9-11-39(25(45)35-17)29(49)57-21-15(41)13-55-23(21)33(51,52)59-19(43)7-8-20(44)60-34(53,54)24-22(16(42)14-56-24)58-30(50)40-12-10-18(36-26(40)46)38-28(48)62-32(4,5)6/h9-14,29-30,41-42,49-54H,7-8H2,1-6H3,(H,35,37,45,47)(H,36,38,46,48). The molecule has 0 fully saturated rings. The van der Waals surface area contributed by atoms with Crippen molar-refractivity contribution in [3.05, 3.63) is 69.5 Å². The Bertz CT molecular complexity index is 2240. The molecule has 4 aromatic rings. The molecule has 4 aromatic heterocycles. The van der Waals surface area contributed by atoms with Crippen LogP contribution in [0.5, 0.6) is 23.0 Å². The highest BCUT2D eigenvalue weighted by Crippen LogP contribution is 2.41. The molecule has 338 valence electrons. The van der Waals surface area contributed by atoms with Gasteiger partial charge in [-0.05, 0) is 53.7 Å². The van der Waals surface area contributed by atoms with E-state index >= 15 is 0 Å². The molecule has 28 nitrogen and oxygen atoms in total. The smallest absolute Gasteiger partial charge is 0.413 e. The SMILES string of the molecule is CC(C)(C)OC(=O)Nc1ccn(C(O)Oc2c(O)coc2C(O)(O)OC(=O)CCC(=O)OC(O)(O)c2occ(O)c2OC(O)n2ccc(NC(=O)OC(C)(C)C)nc2=O)c(=O)n1. The Morgan fingerprint density at radius 1 is 0.645 bits per heavy atom. The fourth-order valence-electron chi connectivity index (χ4n) is 4.51. The molecule has 62 heavy (non-hydrogen) atoms. The van der Waals surface area contributed by atoms with Crippen molar-refractivity contribution < 1.29 is 97.3 Å². The first-order valence-corrected chi connectivity index (χ1v) is 17.4. The van der Waals surface area contributed by atoms with E-state index in [1.54, 1.807) is 41.5 Å². The molecule has 10 N–H and O–H groups in total. The van der Waals surface area contributed by atoms with E-state index in [1.165, 1.54) is 0 Å². The van der Waals surface area contributed by atoms with Gasteiger partial charge in [-0.25, -0.2) is 28.3 Å². The third kappa shape index (κ3) is 12.6. The Labute approximate surface area is 345 Å². The molecule has 4 rings (SSSR count). The van der Waals surface area contributed by atoms with Crippen LogP contribution in [0.3, 0.4) is 0 Å². The Morgan fingerprint density at radius 3 is 1.29 bits per heavy atom. The number of nitrogens with one attached hydrogen (secondary N) is 2. The van der Waals surface area contributed by atoms with Crippen LogP contribution in [0.2, 0.25) is 0 Å². The molecule has 28 heteroatoms. The number of aliphatic hydroxyl groups is 6. The van der Waals surface area contributed by atoms with Crippen molar-refractivity contribution in [3.63, 3.8) is 0 Å². The number of aliphatic hydroxyl groups excluding tert-OH is 2. The first-order chi connectivity index (χ1) is 28.5. The summed E-state index contributed by atoms with van der Waals surface area (Å²) < 4.78 is 39.5. The van der Waals surface area contributed by atoms with Crippen molar-refractivity contribution >= 4 is 35.8 Å². The first kappa shape index (κ1) is 47.4. The average Bonchev–Trinajstić information content (AvgIpc) is 3.67. The van der Waals surface area contributed by atoms with E-state index in [2.05, 4.69) is 30.1 Å². The lowest BCUT2D eigenvalue weighted by molar-refractivity contribution is -0.343. The number of carbonyl (C=O) groups excluding carboxylic acids is 4. The number of esters is 2. The van der Waals surface area contributed by atoms with Gasteiger partial charge in [-0.3, -0.25) is 20.2 Å². The van der Waals surface area contributed by atoms with Crippen LogP contribution in [0.15, 0.2) is 55.5 Å². The summed E-state index contributed by atoms with van der Waals surface area (Å²) in [6.45, 7) is 9.51. The third-order valence-electron chi connectivity index (χ3n) is 6.93. The topological polar surface area (TPSA) is 406 Å². The van der Waals surface area contributed by atoms with Crippen LogP contribution in [0.4, 0.5) is 21.2 Å². The third-order valence-corrected chi connectivity index (χ3v) is 6.93. The van der Waals surface area contributed by atoms with E-state index in [1.807, 2.05) is 0 Å². The minimum absolute atomic E-state index is 0.300. The molecule has 0 radical (unpaired) electrons. The van der Waals surface area contributed by atoms with Gasteiger partial charge in [0.1, 0.15) is 35.4 Å². The molecule has 2 amide bonds. The zero-order valence-electron chi connectivity index (χ0n) is 33.1. The summed E-state index contributed by atoms with van der Waals surface area (Å²) in [5, 5.41) is 87.6. The number of hydrogen-bond donors (Lipinski definition) is 10. The molecule has 0 bridgehead atoms. The van der Waals surface area contributed by atoms with Crippen LogP contribution in [-0.2, 0) is 40.5 Å². The fraction of sp³-hybridized carbons (Fsp3) is 0.412. The van der Waals surface area contributed by atoms with Gasteiger partial charge in [-0.2, -0.15) is 9.97 Å². The molecule has 2 unspecified atom stereocenters. The number of furan rings is 2. The Hall–Kier alpha value is -7.24. The van der Waals surface area contributed by atoms with Crippen molar-refractivity contribution in [1.82, 2.24) is 19.1 Å². The summed E-state index contributed by atoms with van der Waals surface area (Å²) in [6, 6.07) is 2.07. The van der Waals surface area contributed by atoms with Gasteiger partial charge in [0.25, 0.3) is 24.3 Å². The van der Waals surface area contributed by atoms with Crippen LogP contribution in [0, 0.1) is 0 Å². The zero-order valence-corrected chi connectivity index (χ0v) is 33.1. The molecule has 0 saturated heterocycles. The number of anilines is 2. The van der Waals surface area contributed by atoms with Crippen LogP contribution in [-0.4, -0.2) is 95.3 Å². The summed E-state index contributed by atoms with van der Waals surface area (Å²) in [7, 11) is 0. The van der Waals surface area contributed by atoms with Crippen molar-refractivity contribution in [2.24, 2.45) is 0 Å². The van der Waals surface area contributed by atoms with Crippen LogP contribution < -0.4 is 31.5 Å².